The number of thioether (sulfide) groups is 1. The molecule has 39 heavy (non-hydrogen) atoms. The second kappa shape index (κ2) is 11.2. The summed E-state index contributed by atoms with van der Waals surface area (Å²) in [5.41, 5.74) is 2.62. The van der Waals surface area contributed by atoms with Crippen LogP contribution in [-0.2, 0) is 9.59 Å². The van der Waals surface area contributed by atoms with Gasteiger partial charge >= 0.3 is 0 Å². The predicted molar refractivity (Wildman–Crippen MR) is 154 cm³/mol. The highest BCUT2D eigenvalue weighted by Gasteiger charge is 2.41. The quantitative estimate of drug-likeness (QED) is 0.219. The summed E-state index contributed by atoms with van der Waals surface area (Å²) in [5, 5.41) is 5.90. The number of anilines is 3. The number of imide groups is 1. The third-order valence-electron chi connectivity index (χ3n) is 5.81. The van der Waals surface area contributed by atoms with E-state index in [2.05, 4.69) is 26.6 Å². The SMILES string of the molecule is COc1ccc(C)cc1N1C(=O)C(Nc2ccc(Br)cc2)=C(Sc2ccc(NC(=O)c3ccco3)cc2)C1=O. The first-order valence-electron chi connectivity index (χ1n) is 11.8. The van der Waals surface area contributed by atoms with E-state index in [-0.39, 0.29) is 22.3 Å². The van der Waals surface area contributed by atoms with E-state index in [1.54, 1.807) is 48.5 Å². The van der Waals surface area contributed by atoms with Crippen LogP contribution < -0.4 is 20.3 Å². The first-order valence-corrected chi connectivity index (χ1v) is 13.4. The number of nitrogens with one attached hydrogen (secondary N) is 2. The maximum atomic E-state index is 13.8. The molecule has 8 nitrogen and oxygen atoms in total. The number of rotatable bonds is 8. The summed E-state index contributed by atoms with van der Waals surface area (Å²) < 4.78 is 11.5. The average molecular weight is 604 g/mol. The Balaban J connectivity index is 1.46. The van der Waals surface area contributed by atoms with Crippen molar-refractivity contribution in [2.75, 3.05) is 22.6 Å². The number of hydrogen-bond acceptors (Lipinski definition) is 7. The molecule has 2 N–H and O–H groups in total. The Bertz CT molecular complexity index is 1580. The van der Waals surface area contributed by atoms with E-state index < -0.39 is 11.8 Å². The molecule has 2 heterocycles. The van der Waals surface area contributed by atoms with Crippen LogP contribution in [0.2, 0.25) is 0 Å². The summed E-state index contributed by atoms with van der Waals surface area (Å²) >= 11 is 4.57. The van der Waals surface area contributed by atoms with E-state index in [1.807, 2.05) is 37.3 Å². The van der Waals surface area contributed by atoms with E-state index in [4.69, 9.17) is 9.15 Å². The van der Waals surface area contributed by atoms with E-state index in [0.29, 0.717) is 27.7 Å². The topological polar surface area (TPSA) is 101 Å². The highest BCUT2D eigenvalue weighted by molar-refractivity contribution is 9.10. The van der Waals surface area contributed by atoms with Gasteiger partial charge < -0.3 is 19.8 Å². The second-order valence-electron chi connectivity index (χ2n) is 8.51. The van der Waals surface area contributed by atoms with Crippen LogP contribution in [0.3, 0.4) is 0 Å². The van der Waals surface area contributed by atoms with Crippen molar-refractivity contribution >= 4 is 62.5 Å². The van der Waals surface area contributed by atoms with Crippen LogP contribution in [0.25, 0.3) is 0 Å². The number of benzene rings is 3. The lowest BCUT2D eigenvalue weighted by molar-refractivity contribution is -0.120. The minimum absolute atomic E-state index is 0.158. The van der Waals surface area contributed by atoms with Crippen LogP contribution in [0.4, 0.5) is 17.1 Å². The molecule has 0 bridgehead atoms. The monoisotopic (exact) mass is 603 g/mol. The van der Waals surface area contributed by atoms with Gasteiger partial charge in [0.1, 0.15) is 16.4 Å². The van der Waals surface area contributed by atoms with Crippen LogP contribution >= 0.6 is 27.7 Å². The number of hydrogen-bond donors (Lipinski definition) is 2. The molecule has 0 fully saturated rings. The number of carbonyl (C=O) groups is 3. The molecular formula is C29H22BrN3O5S. The molecule has 1 aliphatic rings. The summed E-state index contributed by atoms with van der Waals surface area (Å²) in [6, 6.07) is 22.8. The molecule has 0 atom stereocenters. The molecule has 0 aliphatic carbocycles. The smallest absolute Gasteiger partial charge is 0.291 e. The molecular weight excluding hydrogens is 582 g/mol. The van der Waals surface area contributed by atoms with Gasteiger partial charge in [-0.2, -0.15) is 0 Å². The van der Waals surface area contributed by atoms with Crippen molar-refractivity contribution in [2.24, 2.45) is 0 Å². The number of amides is 3. The molecule has 0 saturated carbocycles. The maximum absolute atomic E-state index is 13.8. The molecule has 0 spiro atoms. The number of halogens is 1. The van der Waals surface area contributed by atoms with Gasteiger partial charge in [0.15, 0.2) is 5.76 Å². The summed E-state index contributed by atoms with van der Waals surface area (Å²) in [6.07, 6.45) is 1.43. The maximum Gasteiger partial charge on any atom is 0.291 e. The molecule has 5 rings (SSSR count). The van der Waals surface area contributed by atoms with Gasteiger partial charge in [-0.1, -0.05) is 33.8 Å². The van der Waals surface area contributed by atoms with Gasteiger partial charge in [-0.3, -0.25) is 14.4 Å². The van der Waals surface area contributed by atoms with E-state index >= 15 is 0 Å². The van der Waals surface area contributed by atoms with Gasteiger partial charge in [-0.05, 0) is 85.3 Å². The van der Waals surface area contributed by atoms with Crippen molar-refractivity contribution in [1.82, 2.24) is 0 Å². The van der Waals surface area contributed by atoms with Gasteiger partial charge in [0.2, 0.25) is 0 Å². The summed E-state index contributed by atoms with van der Waals surface area (Å²) in [7, 11) is 1.50. The number of aryl methyl sites for hydroxylation is 1. The van der Waals surface area contributed by atoms with Gasteiger partial charge in [0.25, 0.3) is 17.7 Å². The zero-order valence-electron chi connectivity index (χ0n) is 20.9. The van der Waals surface area contributed by atoms with Crippen molar-refractivity contribution < 1.29 is 23.5 Å². The first kappa shape index (κ1) is 26.3. The molecule has 3 aromatic carbocycles. The van der Waals surface area contributed by atoms with Crippen molar-refractivity contribution in [1.29, 1.82) is 0 Å². The van der Waals surface area contributed by atoms with Crippen molar-refractivity contribution in [3.63, 3.8) is 0 Å². The Hall–Kier alpha value is -4.28. The van der Waals surface area contributed by atoms with Crippen LogP contribution in [0, 0.1) is 6.92 Å². The predicted octanol–water partition coefficient (Wildman–Crippen LogP) is 6.60. The lowest BCUT2D eigenvalue weighted by Gasteiger charge is -2.19. The Morgan fingerprint density at radius 1 is 0.949 bits per heavy atom. The van der Waals surface area contributed by atoms with Crippen molar-refractivity contribution in [2.45, 2.75) is 11.8 Å². The molecule has 1 aliphatic heterocycles. The highest BCUT2D eigenvalue weighted by Crippen LogP contribution is 2.41. The first-order chi connectivity index (χ1) is 18.8. The van der Waals surface area contributed by atoms with Crippen LogP contribution in [-0.4, -0.2) is 24.8 Å². The van der Waals surface area contributed by atoms with Crippen molar-refractivity contribution in [3.8, 4) is 5.75 Å². The summed E-state index contributed by atoms with van der Waals surface area (Å²) in [5.74, 6) is -0.721. The molecule has 196 valence electrons. The van der Waals surface area contributed by atoms with E-state index in [9.17, 15) is 14.4 Å². The zero-order chi connectivity index (χ0) is 27.5. The Labute approximate surface area is 237 Å². The van der Waals surface area contributed by atoms with Crippen LogP contribution in [0.15, 0.2) is 110 Å². The van der Waals surface area contributed by atoms with Crippen LogP contribution in [0.5, 0.6) is 5.75 Å². The normalized spacial score (nSPS) is 13.2. The second-order valence-corrected chi connectivity index (χ2v) is 10.5. The fourth-order valence-corrected chi connectivity index (χ4v) is 5.10. The zero-order valence-corrected chi connectivity index (χ0v) is 23.3. The Morgan fingerprint density at radius 2 is 1.67 bits per heavy atom. The van der Waals surface area contributed by atoms with E-state index in [1.165, 1.54) is 13.4 Å². The average Bonchev–Trinajstić information content (AvgIpc) is 3.55. The minimum atomic E-state index is -0.489. The third kappa shape index (κ3) is 5.62. The fraction of sp³-hybridized carbons (Fsp3) is 0.0690. The van der Waals surface area contributed by atoms with E-state index in [0.717, 1.165) is 26.7 Å². The van der Waals surface area contributed by atoms with Gasteiger partial charge in [0, 0.05) is 20.7 Å². The minimum Gasteiger partial charge on any atom is -0.495 e. The van der Waals surface area contributed by atoms with Gasteiger partial charge in [0.05, 0.1) is 19.1 Å². The number of methoxy groups -OCH3 is 1. The number of ether oxygens (including phenoxy) is 1. The lowest BCUT2D eigenvalue weighted by Crippen LogP contribution is -2.32. The number of carbonyl (C=O) groups excluding carboxylic acids is 3. The molecule has 0 saturated heterocycles. The largest absolute Gasteiger partial charge is 0.495 e. The highest BCUT2D eigenvalue weighted by atomic mass is 79.9. The third-order valence-corrected chi connectivity index (χ3v) is 7.43. The standard InChI is InChI=1S/C29H22BrN3O5S/c1-17-5-14-23(37-2)22(16-17)33-28(35)25(31-19-8-6-18(30)7-9-19)26(29(33)36)39-21-12-10-20(11-13-21)32-27(34)24-4-3-15-38-24/h3-16,31H,1-2H3,(H,32,34). The fourth-order valence-electron chi connectivity index (χ4n) is 3.91. The van der Waals surface area contributed by atoms with Gasteiger partial charge in [-0.15, -0.1) is 0 Å². The Morgan fingerprint density at radius 3 is 2.33 bits per heavy atom. The molecule has 10 heteroatoms. The molecule has 0 unspecified atom stereocenters. The lowest BCUT2D eigenvalue weighted by atomic mass is 10.2. The van der Waals surface area contributed by atoms with Crippen molar-refractivity contribution in [3.05, 3.63) is 112 Å². The molecule has 1 aromatic heterocycles. The Kier molecular flexibility index (Phi) is 7.58. The van der Waals surface area contributed by atoms with Crippen LogP contribution in [0.1, 0.15) is 16.1 Å². The summed E-state index contributed by atoms with van der Waals surface area (Å²) in [4.78, 5) is 41.8. The summed E-state index contributed by atoms with van der Waals surface area (Å²) in [6.45, 7) is 1.88. The molecule has 3 amide bonds. The number of furan rings is 1. The number of nitrogens with zero attached hydrogens (tertiary/aromatic N) is 1. The van der Waals surface area contributed by atoms with Gasteiger partial charge in [-0.25, -0.2) is 4.90 Å². The molecule has 0 radical (unpaired) electrons. The molecule has 4 aromatic rings.